The predicted octanol–water partition coefficient (Wildman–Crippen LogP) is 1.82. The molecule has 5 nitrogen and oxygen atoms in total. The molecule has 15 heavy (non-hydrogen) atoms. The molecule has 0 spiro atoms. The molecule has 0 saturated carbocycles. The Morgan fingerprint density at radius 2 is 2.00 bits per heavy atom. The Kier molecular flexibility index (Phi) is 2.69. The Bertz CT molecular complexity index is 416. The number of hydrogen-bond donors (Lipinski definition) is 0. The summed E-state index contributed by atoms with van der Waals surface area (Å²) in [5.74, 6) is 0. The summed E-state index contributed by atoms with van der Waals surface area (Å²) < 4.78 is 36.3. The molecule has 0 fully saturated rings. The molecule has 1 aromatic rings. The molecule has 0 aromatic carbocycles. The minimum Gasteiger partial charge on any atom is -0.296 e. The van der Waals surface area contributed by atoms with Crippen molar-refractivity contribution in [1.82, 2.24) is 4.98 Å². The topological polar surface area (TPSA) is 73.1 Å². The average Bonchev–Trinajstić information content (AvgIpc) is 2.15. The van der Waals surface area contributed by atoms with Crippen LogP contribution in [0.3, 0.4) is 0 Å². The molecule has 1 aromatic heterocycles. The molecule has 0 aliphatic rings. The molecular weight excluding hydrogens is 217 g/mol. The third-order valence-electron chi connectivity index (χ3n) is 1.50. The lowest BCUT2D eigenvalue weighted by atomic mass is 10.2. The van der Waals surface area contributed by atoms with E-state index in [1.807, 2.05) is 0 Å². The van der Waals surface area contributed by atoms with Gasteiger partial charge in [-0.3, -0.25) is 14.9 Å². The van der Waals surface area contributed by atoms with Crippen molar-refractivity contribution in [3.8, 4) is 0 Å². The van der Waals surface area contributed by atoms with Crippen molar-refractivity contribution in [1.29, 1.82) is 0 Å². The summed E-state index contributed by atoms with van der Waals surface area (Å²) in [4.78, 5) is 22.4. The second-order valence-corrected chi connectivity index (χ2v) is 2.47. The van der Waals surface area contributed by atoms with Crippen LogP contribution >= 0.6 is 0 Å². The first-order valence-electron chi connectivity index (χ1n) is 3.54. The van der Waals surface area contributed by atoms with Gasteiger partial charge < -0.3 is 0 Å². The van der Waals surface area contributed by atoms with Crippen LogP contribution in [0.25, 0.3) is 0 Å². The fourth-order valence-electron chi connectivity index (χ4n) is 0.867. The third-order valence-corrected chi connectivity index (χ3v) is 1.50. The van der Waals surface area contributed by atoms with Crippen LogP contribution in [0, 0.1) is 10.1 Å². The monoisotopic (exact) mass is 220 g/mol. The van der Waals surface area contributed by atoms with Gasteiger partial charge in [-0.15, -0.1) is 0 Å². The van der Waals surface area contributed by atoms with Crippen LogP contribution in [0.2, 0.25) is 0 Å². The van der Waals surface area contributed by atoms with Gasteiger partial charge in [-0.05, 0) is 6.07 Å². The molecule has 1 rings (SSSR count). The van der Waals surface area contributed by atoms with E-state index in [1.54, 1.807) is 0 Å². The van der Waals surface area contributed by atoms with Crippen molar-refractivity contribution in [2.75, 3.05) is 0 Å². The van der Waals surface area contributed by atoms with E-state index in [0.29, 0.717) is 12.1 Å². The first-order chi connectivity index (χ1) is 6.86. The largest absolute Gasteiger partial charge is 0.433 e. The Morgan fingerprint density at radius 1 is 1.40 bits per heavy atom. The van der Waals surface area contributed by atoms with Gasteiger partial charge in [0.25, 0.3) is 5.69 Å². The maximum Gasteiger partial charge on any atom is 0.433 e. The minimum atomic E-state index is -4.73. The third kappa shape index (κ3) is 2.27. The molecule has 0 saturated heterocycles. The molecule has 0 aliphatic carbocycles. The van der Waals surface area contributed by atoms with Gasteiger partial charge in [0.15, 0.2) is 12.0 Å². The maximum atomic E-state index is 12.1. The van der Waals surface area contributed by atoms with Crippen LogP contribution in [-0.2, 0) is 6.18 Å². The van der Waals surface area contributed by atoms with E-state index in [4.69, 9.17) is 0 Å². The Morgan fingerprint density at radius 3 is 2.40 bits per heavy atom. The number of nitrogens with zero attached hydrogens (tertiary/aromatic N) is 2. The molecule has 0 bridgehead atoms. The summed E-state index contributed by atoms with van der Waals surface area (Å²) in [6.45, 7) is 0. The molecule has 0 amide bonds. The van der Waals surface area contributed by atoms with Crippen LogP contribution in [0.4, 0.5) is 18.9 Å². The number of carbonyl (C=O) groups excluding carboxylic acids is 1. The first-order valence-corrected chi connectivity index (χ1v) is 3.54. The van der Waals surface area contributed by atoms with Crippen LogP contribution in [0.1, 0.15) is 16.2 Å². The zero-order valence-electron chi connectivity index (χ0n) is 6.99. The summed E-state index contributed by atoms with van der Waals surface area (Å²) in [5, 5.41) is 10.3. The lowest BCUT2D eigenvalue weighted by molar-refractivity contribution is -0.385. The van der Waals surface area contributed by atoms with Gasteiger partial charge in [-0.2, -0.15) is 13.2 Å². The quantitative estimate of drug-likeness (QED) is 0.433. The molecule has 0 aliphatic heterocycles. The average molecular weight is 220 g/mol. The fourth-order valence-corrected chi connectivity index (χ4v) is 0.867. The van der Waals surface area contributed by atoms with Gasteiger partial charge in [0.05, 0.1) is 4.92 Å². The lowest BCUT2D eigenvalue weighted by Crippen LogP contribution is -2.10. The number of carbonyl (C=O) groups is 1. The molecule has 0 N–H and O–H groups in total. The molecule has 0 radical (unpaired) electrons. The number of aldehydes is 1. The second-order valence-electron chi connectivity index (χ2n) is 2.47. The van der Waals surface area contributed by atoms with E-state index in [9.17, 15) is 28.1 Å². The number of halogens is 3. The smallest absolute Gasteiger partial charge is 0.296 e. The number of hydrogen-bond acceptors (Lipinski definition) is 4. The zero-order chi connectivity index (χ0) is 11.6. The highest BCUT2D eigenvalue weighted by Crippen LogP contribution is 2.29. The zero-order valence-corrected chi connectivity index (χ0v) is 6.99. The fraction of sp³-hybridized carbons (Fsp3) is 0.143. The van der Waals surface area contributed by atoms with Crippen molar-refractivity contribution in [2.45, 2.75) is 6.18 Å². The molecule has 1 heterocycles. The van der Waals surface area contributed by atoms with Crippen molar-refractivity contribution >= 4 is 12.0 Å². The van der Waals surface area contributed by atoms with Gasteiger partial charge in [-0.1, -0.05) is 0 Å². The van der Waals surface area contributed by atoms with E-state index in [1.165, 1.54) is 0 Å². The minimum absolute atomic E-state index is 0.0899. The van der Waals surface area contributed by atoms with Gasteiger partial charge in [0, 0.05) is 6.07 Å². The van der Waals surface area contributed by atoms with Crippen molar-refractivity contribution in [3.63, 3.8) is 0 Å². The summed E-state index contributed by atoms with van der Waals surface area (Å²) in [5.41, 5.74) is -2.93. The van der Waals surface area contributed by atoms with Gasteiger partial charge in [0.1, 0.15) is 5.69 Å². The van der Waals surface area contributed by atoms with Crippen LogP contribution in [0.15, 0.2) is 12.1 Å². The Labute approximate surface area is 80.7 Å². The molecule has 8 heteroatoms. The van der Waals surface area contributed by atoms with Crippen LogP contribution in [-0.4, -0.2) is 16.2 Å². The van der Waals surface area contributed by atoms with Gasteiger partial charge >= 0.3 is 6.18 Å². The normalized spacial score (nSPS) is 11.1. The van der Waals surface area contributed by atoms with Crippen molar-refractivity contribution in [2.24, 2.45) is 0 Å². The van der Waals surface area contributed by atoms with E-state index < -0.39 is 28.2 Å². The van der Waals surface area contributed by atoms with Crippen LogP contribution in [0.5, 0.6) is 0 Å². The second kappa shape index (κ2) is 3.64. The highest BCUT2D eigenvalue weighted by atomic mass is 19.4. The highest BCUT2D eigenvalue weighted by molar-refractivity contribution is 5.78. The van der Waals surface area contributed by atoms with E-state index >= 15 is 0 Å². The Balaban J connectivity index is 3.31. The summed E-state index contributed by atoms with van der Waals surface area (Å²) in [6, 6.07) is 1.05. The standard InChI is InChI=1S/C7H3F3N2O3/c8-7(9,10)6-2-1-5(12(14)15)4(3-13)11-6/h1-3H. The number of rotatable bonds is 2. The van der Waals surface area contributed by atoms with Gasteiger partial charge in [0.2, 0.25) is 0 Å². The molecule has 0 unspecified atom stereocenters. The van der Waals surface area contributed by atoms with Gasteiger partial charge in [-0.25, -0.2) is 4.98 Å². The number of nitro groups is 1. The lowest BCUT2D eigenvalue weighted by Gasteiger charge is -2.05. The van der Waals surface area contributed by atoms with E-state index in [-0.39, 0.29) is 6.29 Å². The molecule has 0 atom stereocenters. The summed E-state index contributed by atoms with van der Waals surface area (Å²) >= 11 is 0. The van der Waals surface area contributed by atoms with Crippen molar-refractivity contribution in [3.05, 3.63) is 33.6 Å². The summed E-state index contributed by atoms with van der Waals surface area (Å²) in [6.07, 6.45) is -4.82. The summed E-state index contributed by atoms with van der Waals surface area (Å²) in [7, 11) is 0. The van der Waals surface area contributed by atoms with E-state index in [0.717, 1.165) is 0 Å². The number of pyridine rings is 1. The van der Waals surface area contributed by atoms with E-state index in [2.05, 4.69) is 4.98 Å². The highest BCUT2D eigenvalue weighted by Gasteiger charge is 2.34. The maximum absolute atomic E-state index is 12.1. The number of alkyl halides is 3. The molecule has 80 valence electrons. The van der Waals surface area contributed by atoms with Crippen LogP contribution < -0.4 is 0 Å². The first kappa shape index (κ1) is 11.1. The molecular formula is C7H3F3N2O3. The van der Waals surface area contributed by atoms with Crippen molar-refractivity contribution < 1.29 is 22.9 Å². The SMILES string of the molecule is O=Cc1nc(C(F)(F)F)ccc1[N+](=O)[O-]. The Hall–Kier alpha value is -1.99. The number of aromatic nitrogens is 1. The predicted molar refractivity (Wildman–Crippen MR) is 41.3 cm³/mol.